The number of nitrogens with two attached hydrogens (primary N) is 1. The third-order valence-electron chi connectivity index (χ3n) is 1.21. The Labute approximate surface area is 71.7 Å². The number of thiophene rings is 1. The summed E-state index contributed by atoms with van der Waals surface area (Å²) < 4.78 is 0. The summed E-state index contributed by atoms with van der Waals surface area (Å²) in [6, 6.07) is 4.23. The molecule has 1 rings (SSSR count). The van der Waals surface area contributed by atoms with Crippen molar-refractivity contribution in [2.24, 2.45) is 5.73 Å². The highest BCUT2D eigenvalue weighted by Crippen LogP contribution is 2.09. The SMILES string of the molecule is Cl.NCCCc1cccs1. The first-order chi connectivity index (χ1) is 4.43. The van der Waals surface area contributed by atoms with E-state index in [0.717, 1.165) is 19.4 Å². The van der Waals surface area contributed by atoms with Crippen molar-refractivity contribution >= 4 is 23.7 Å². The Morgan fingerprint density at radius 1 is 1.50 bits per heavy atom. The normalized spacial score (nSPS) is 8.90. The van der Waals surface area contributed by atoms with E-state index in [4.69, 9.17) is 5.73 Å². The maximum Gasteiger partial charge on any atom is 0.00457 e. The molecule has 0 aliphatic heterocycles. The number of rotatable bonds is 3. The second-order valence-corrected chi connectivity index (χ2v) is 3.00. The van der Waals surface area contributed by atoms with Gasteiger partial charge < -0.3 is 5.73 Å². The van der Waals surface area contributed by atoms with Crippen LogP contribution in [0.15, 0.2) is 17.5 Å². The van der Waals surface area contributed by atoms with Crippen LogP contribution in [-0.4, -0.2) is 6.54 Å². The highest BCUT2D eigenvalue weighted by molar-refractivity contribution is 7.09. The quantitative estimate of drug-likeness (QED) is 0.752. The summed E-state index contributed by atoms with van der Waals surface area (Å²) in [5, 5.41) is 2.10. The van der Waals surface area contributed by atoms with Gasteiger partial charge in [0.05, 0.1) is 0 Å². The zero-order valence-electron chi connectivity index (χ0n) is 5.75. The fraction of sp³-hybridized carbons (Fsp3) is 0.429. The van der Waals surface area contributed by atoms with Gasteiger partial charge in [0.25, 0.3) is 0 Å². The molecule has 0 fully saturated rings. The Balaban J connectivity index is 0.000000810. The molecule has 0 aromatic carbocycles. The van der Waals surface area contributed by atoms with Crippen LogP contribution in [0, 0.1) is 0 Å². The minimum Gasteiger partial charge on any atom is -0.330 e. The molecule has 1 nitrogen and oxygen atoms in total. The van der Waals surface area contributed by atoms with Crippen molar-refractivity contribution in [3.05, 3.63) is 22.4 Å². The Bertz CT molecular complexity index is 151. The van der Waals surface area contributed by atoms with Crippen LogP contribution in [0.5, 0.6) is 0 Å². The van der Waals surface area contributed by atoms with Gasteiger partial charge in [0.1, 0.15) is 0 Å². The smallest absolute Gasteiger partial charge is 0.00457 e. The molecule has 0 aliphatic rings. The molecular formula is C7H12ClNS. The molecule has 0 spiro atoms. The molecule has 2 N–H and O–H groups in total. The minimum atomic E-state index is 0. The van der Waals surface area contributed by atoms with Gasteiger partial charge in [0, 0.05) is 4.88 Å². The molecule has 1 heterocycles. The van der Waals surface area contributed by atoms with Crippen molar-refractivity contribution in [2.75, 3.05) is 6.54 Å². The molecule has 1 aromatic heterocycles. The average molecular weight is 178 g/mol. The predicted molar refractivity (Wildman–Crippen MR) is 48.9 cm³/mol. The van der Waals surface area contributed by atoms with Gasteiger partial charge in [-0.15, -0.1) is 23.7 Å². The van der Waals surface area contributed by atoms with Crippen LogP contribution in [0.4, 0.5) is 0 Å². The van der Waals surface area contributed by atoms with Crippen LogP contribution in [0.1, 0.15) is 11.3 Å². The van der Waals surface area contributed by atoms with E-state index < -0.39 is 0 Å². The zero-order valence-corrected chi connectivity index (χ0v) is 7.38. The molecule has 0 saturated heterocycles. The van der Waals surface area contributed by atoms with Gasteiger partial charge in [-0.1, -0.05) is 6.07 Å². The number of hydrogen-bond acceptors (Lipinski definition) is 2. The Morgan fingerprint density at radius 2 is 2.30 bits per heavy atom. The van der Waals surface area contributed by atoms with E-state index in [2.05, 4.69) is 17.5 Å². The largest absolute Gasteiger partial charge is 0.330 e. The van der Waals surface area contributed by atoms with Gasteiger partial charge in [0.2, 0.25) is 0 Å². The lowest BCUT2D eigenvalue weighted by molar-refractivity contribution is 0.843. The van der Waals surface area contributed by atoms with E-state index in [-0.39, 0.29) is 12.4 Å². The van der Waals surface area contributed by atoms with Gasteiger partial charge in [-0.25, -0.2) is 0 Å². The van der Waals surface area contributed by atoms with Gasteiger partial charge in [-0.05, 0) is 30.8 Å². The Morgan fingerprint density at radius 3 is 2.80 bits per heavy atom. The van der Waals surface area contributed by atoms with Crippen LogP contribution < -0.4 is 5.73 Å². The summed E-state index contributed by atoms with van der Waals surface area (Å²) in [6.07, 6.45) is 2.26. The van der Waals surface area contributed by atoms with Crippen molar-refractivity contribution in [3.8, 4) is 0 Å². The highest BCUT2D eigenvalue weighted by atomic mass is 35.5. The second kappa shape index (κ2) is 5.71. The molecule has 0 amide bonds. The van der Waals surface area contributed by atoms with Crippen molar-refractivity contribution < 1.29 is 0 Å². The Hall–Kier alpha value is -0.0500. The second-order valence-electron chi connectivity index (χ2n) is 1.97. The molecule has 0 unspecified atom stereocenters. The minimum absolute atomic E-state index is 0. The number of halogens is 1. The third kappa shape index (κ3) is 3.20. The van der Waals surface area contributed by atoms with Gasteiger partial charge >= 0.3 is 0 Å². The fourth-order valence-electron chi connectivity index (χ4n) is 0.731. The Kier molecular flexibility index (Phi) is 5.69. The van der Waals surface area contributed by atoms with Gasteiger partial charge in [-0.3, -0.25) is 0 Å². The fourth-order valence-corrected chi connectivity index (χ4v) is 1.48. The lowest BCUT2D eigenvalue weighted by atomic mass is 10.3. The average Bonchev–Trinajstić information content (AvgIpc) is 2.34. The first-order valence-electron chi connectivity index (χ1n) is 3.16. The zero-order chi connectivity index (χ0) is 6.53. The summed E-state index contributed by atoms with van der Waals surface area (Å²) in [5.41, 5.74) is 5.35. The molecule has 0 saturated carbocycles. The molecule has 58 valence electrons. The van der Waals surface area contributed by atoms with Crippen molar-refractivity contribution in [3.63, 3.8) is 0 Å². The molecule has 1 aromatic rings. The van der Waals surface area contributed by atoms with Crippen LogP contribution in [0.2, 0.25) is 0 Å². The third-order valence-corrected chi connectivity index (χ3v) is 2.14. The molecule has 0 bridgehead atoms. The summed E-state index contributed by atoms with van der Waals surface area (Å²) >= 11 is 1.81. The lowest BCUT2D eigenvalue weighted by Crippen LogP contribution is -1.98. The van der Waals surface area contributed by atoms with E-state index in [1.54, 1.807) is 0 Å². The molecule has 0 aliphatic carbocycles. The highest BCUT2D eigenvalue weighted by Gasteiger charge is 1.89. The molecule has 0 atom stereocenters. The monoisotopic (exact) mass is 177 g/mol. The molecule has 10 heavy (non-hydrogen) atoms. The van der Waals surface area contributed by atoms with Gasteiger partial charge in [0.15, 0.2) is 0 Å². The van der Waals surface area contributed by atoms with Crippen molar-refractivity contribution in [2.45, 2.75) is 12.8 Å². The topological polar surface area (TPSA) is 26.0 Å². The maximum atomic E-state index is 5.35. The maximum absolute atomic E-state index is 5.35. The summed E-state index contributed by atoms with van der Waals surface area (Å²) in [7, 11) is 0. The molecule has 3 heteroatoms. The summed E-state index contributed by atoms with van der Waals surface area (Å²) in [4.78, 5) is 1.44. The van der Waals surface area contributed by atoms with Crippen LogP contribution in [-0.2, 0) is 6.42 Å². The van der Waals surface area contributed by atoms with E-state index in [1.165, 1.54) is 4.88 Å². The lowest BCUT2D eigenvalue weighted by Gasteiger charge is -1.90. The van der Waals surface area contributed by atoms with Crippen LogP contribution in [0.3, 0.4) is 0 Å². The first kappa shape index (κ1) is 9.95. The van der Waals surface area contributed by atoms with Crippen molar-refractivity contribution in [1.82, 2.24) is 0 Å². The van der Waals surface area contributed by atoms with Crippen LogP contribution >= 0.6 is 23.7 Å². The molecule has 0 radical (unpaired) electrons. The summed E-state index contributed by atoms with van der Waals surface area (Å²) in [5.74, 6) is 0. The van der Waals surface area contributed by atoms with E-state index in [0.29, 0.717) is 0 Å². The predicted octanol–water partition coefficient (Wildman–Crippen LogP) is 2.06. The van der Waals surface area contributed by atoms with E-state index >= 15 is 0 Å². The number of aryl methyl sites for hydroxylation is 1. The van der Waals surface area contributed by atoms with E-state index in [9.17, 15) is 0 Å². The van der Waals surface area contributed by atoms with Crippen LogP contribution in [0.25, 0.3) is 0 Å². The first-order valence-corrected chi connectivity index (χ1v) is 4.04. The molecular weight excluding hydrogens is 166 g/mol. The van der Waals surface area contributed by atoms with Gasteiger partial charge in [-0.2, -0.15) is 0 Å². The summed E-state index contributed by atoms with van der Waals surface area (Å²) in [6.45, 7) is 0.803. The number of hydrogen-bond donors (Lipinski definition) is 1. The van der Waals surface area contributed by atoms with Crippen molar-refractivity contribution in [1.29, 1.82) is 0 Å². The standard InChI is InChI=1S/C7H11NS.ClH/c8-5-1-3-7-4-2-6-9-7;/h2,4,6H,1,3,5,8H2;1H. The van der Waals surface area contributed by atoms with E-state index in [1.807, 2.05) is 11.3 Å².